The van der Waals surface area contributed by atoms with Crippen LogP contribution in [0, 0.1) is 78.0 Å². The Labute approximate surface area is 361 Å². The van der Waals surface area contributed by atoms with E-state index in [1.165, 1.54) is 0 Å². The summed E-state index contributed by atoms with van der Waals surface area (Å²) in [7, 11) is 0. The number of rotatable bonds is 20. The van der Waals surface area contributed by atoms with Gasteiger partial charge < -0.3 is 28.4 Å². The van der Waals surface area contributed by atoms with E-state index in [4.69, 9.17) is 28.4 Å². The molecule has 4 rings (SSSR count). The molecule has 0 bridgehead atoms. The molecule has 2 aromatic rings. The summed E-state index contributed by atoms with van der Waals surface area (Å²) < 4.78 is 33.6. The first-order chi connectivity index (χ1) is 29.6. The Balaban J connectivity index is 1.15. The summed E-state index contributed by atoms with van der Waals surface area (Å²) in [6.45, 7) is 10.3. The van der Waals surface area contributed by atoms with Gasteiger partial charge in [-0.1, -0.05) is 68.4 Å². The predicted molar refractivity (Wildman–Crippen MR) is 231 cm³/mol. The zero-order valence-corrected chi connectivity index (χ0v) is 35.3. The second-order valence-corrected chi connectivity index (χ2v) is 15.4. The van der Waals surface area contributed by atoms with Gasteiger partial charge in [0.1, 0.15) is 37.9 Å². The molecule has 2 aromatic carbocycles. The fourth-order valence-corrected chi connectivity index (χ4v) is 7.39. The predicted octanol–water partition coefficient (Wildman–Crippen LogP) is 7.90. The van der Waals surface area contributed by atoms with Crippen molar-refractivity contribution in [1.82, 2.24) is 0 Å². The van der Waals surface area contributed by atoms with Gasteiger partial charge in [0.05, 0.1) is 0 Å². The lowest BCUT2D eigenvalue weighted by Gasteiger charge is -2.34. The Kier molecular flexibility index (Phi) is 20.7. The number of hydrogen-bond donors (Lipinski definition) is 0. The molecule has 2 atom stereocenters. The van der Waals surface area contributed by atoms with E-state index in [0.29, 0.717) is 36.2 Å². The summed E-state index contributed by atoms with van der Waals surface area (Å²) in [6.07, 6.45) is 10.5. The number of benzene rings is 2. The van der Waals surface area contributed by atoms with Crippen LogP contribution in [-0.2, 0) is 38.1 Å². The zero-order chi connectivity index (χ0) is 43.7. The van der Waals surface area contributed by atoms with Gasteiger partial charge in [-0.3, -0.25) is 9.59 Å². The number of ether oxygens (including phenoxy) is 6. The van der Waals surface area contributed by atoms with Gasteiger partial charge >= 0.3 is 23.9 Å². The molecule has 10 nitrogen and oxygen atoms in total. The maximum Gasteiger partial charge on any atom is 0.330 e. The molecular weight excluding hydrogens is 773 g/mol. The molecule has 0 radical (unpaired) electrons. The van der Waals surface area contributed by atoms with Crippen LogP contribution in [0.25, 0.3) is 0 Å². The molecule has 320 valence electrons. The first kappa shape index (κ1) is 47.3. The number of esters is 4. The normalized spacial score (nSPS) is 18.7. The Hall–Kier alpha value is -6.36. The maximum absolute atomic E-state index is 13.1. The lowest BCUT2D eigenvalue weighted by molar-refractivity contribution is -0.160. The smallest absolute Gasteiger partial charge is 0.330 e. The van der Waals surface area contributed by atoms with Crippen LogP contribution in [0.5, 0.6) is 11.5 Å². The SMILES string of the molecule is C=CC(=O)OCC(COc1ccc(C)cc1)OC(=O)CC1CCC(CC2CCC(CC(=O)OC(COC(=O)C=C)COc3ccc(C#CC#CC#CC#CC)cc3)CC2)CC1. The first-order valence-electron chi connectivity index (χ1n) is 20.9. The van der Waals surface area contributed by atoms with Crippen LogP contribution >= 0.6 is 0 Å². The number of carbonyl (C=O) groups excluding carboxylic acids is 4. The lowest BCUT2D eigenvalue weighted by Crippen LogP contribution is -2.32. The van der Waals surface area contributed by atoms with Crippen molar-refractivity contribution in [3.05, 3.63) is 85.0 Å². The summed E-state index contributed by atoms with van der Waals surface area (Å²) in [4.78, 5) is 49.5. The fourth-order valence-electron chi connectivity index (χ4n) is 7.39. The van der Waals surface area contributed by atoms with Gasteiger partial charge in [-0.25, -0.2) is 9.59 Å². The van der Waals surface area contributed by atoms with Crippen molar-refractivity contribution in [2.45, 2.75) is 96.7 Å². The van der Waals surface area contributed by atoms with Crippen LogP contribution in [0.2, 0.25) is 0 Å². The standard InChI is InChI=1S/C51H56O10/c1-5-8-9-10-11-12-13-14-39-25-29-45(30-26-39)57-35-47(37-59-49(53)7-3)61-51(55)33-43-23-19-41(20-24-43)31-40-17-21-42(22-18-40)32-50(54)60-46(36-58-48(52)6-2)34-56-44-27-15-38(4)16-28-44/h6-7,15-16,25-30,40-43,46-47H,2-3,17-24,31-37H2,1,4H3. The van der Waals surface area contributed by atoms with Crippen LogP contribution in [-0.4, -0.2) is 62.5 Å². The summed E-state index contributed by atoms with van der Waals surface area (Å²) >= 11 is 0. The van der Waals surface area contributed by atoms with Crippen LogP contribution in [0.15, 0.2) is 73.8 Å². The van der Waals surface area contributed by atoms with Gasteiger partial charge in [0.25, 0.3) is 0 Å². The van der Waals surface area contributed by atoms with Crippen LogP contribution in [0.1, 0.15) is 88.7 Å². The van der Waals surface area contributed by atoms with Gasteiger partial charge in [0.2, 0.25) is 0 Å². The average molecular weight is 829 g/mol. The van der Waals surface area contributed by atoms with Crippen LogP contribution in [0.4, 0.5) is 0 Å². The Morgan fingerprint density at radius 2 is 1.00 bits per heavy atom. The molecule has 0 saturated heterocycles. The van der Waals surface area contributed by atoms with Crippen molar-refractivity contribution in [2.75, 3.05) is 26.4 Å². The van der Waals surface area contributed by atoms with E-state index in [2.05, 4.69) is 60.5 Å². The molecule has 2 aliphatic carbocycles. The third-order valence-corrected chi connectivity index (χ3v) is 10.7. The minimum Gasteiger partial charge on any atom is -0.490 e. The summed E-state index contributed by atoms with van der Waals surface area (Å²) in [6, 6.07) is 14.6. The quantitative estimate of drug-likeness (QED) is 0.0564. The molecule has 2 saturated carbocycles. The average Bonchev–Trinajstić information content (AvgIpc) is 3.27. The molecule has 0 spiro atoms. The van der Waals surface area contributed by atoms with Crippen LogP contribution in [0.3, 0.4) is 0 Å². The monoisotopic (exact) mass is 828 g/mol. The highest BCUT2D eigenvalue weighted by atomic mass is 16.6. The zero-order valence-electron chi connectivity index (χ0n) is 35.3. The van der Waals surface area contributed by atoms with Crippen molar-refractivity contribution in [3.63, 3.8) is 0 Å². The molecule has 2 fully saturated rings. The van der Waals surface area contributed by atoms with Gasteiger partial charge in [-0.2, -0.15) is 0 Å². The van der Waals surface area contributed by atoms with E-state index < -0.39 is 24.1 Å². The molecule has 0 heterocycles. The number of hydrogen-bond acceptors (Lipinski definition) is 10. The topological polar surface area (TPSA) is 124 Å². The second-order valence-electron chi connectivity index (χ2n) is 15.4. The molecule has 0 aromatic heterocycles. The van der Waals surface area contributed by atoms with E-state index >= 15 is 0 Å². The van der Waals surface area contributed by atoms with Crippen LogP contribution < -0.4 is 9.47 Å². The third kappa shape index (κ3) is 19.1. The molecule has 2 unspecified atom stereocenters. The maximum atomic E-state index is 13.1. The summed E-state index contributed by atoms with van der Waals surface area (Å²) in [5, 5.41) is 0. The number of aryl methyl sites for hydroxylation is 1. The fraction of sp³-hybridized carbons (Fsp3) is 0.451. The van der Waals surface area contributed by atoms with E-state index in [0.717, 1.165) is 81.1 Å². The summed E-state index contributed by atoms with van der Waals surface area (Å²) in [5.41, 5.74) is 1.84. The molecular formula is C51H56O10. The molecule has 0 aliphatic heterocycles. The molecule has 2 aliphatic rings. The van der Waals surface area contributed by atoms with Crippen molar-refractivity contribution in [1.29, 1.82) is 0 Å². The van der Waals surface area contributed by atoms with E-state index in [-0.39, 0.29) is 50.2 Å². The number of carbonyl (C=O) groups is 4. The van der Waals surface area contributed by atoms with Crippen molar-refractivity contribution in [3.8, 4) is 58.9 Å². The largest absolute Gasteiger partial charge is 0.490 e. The van der Waals surface area contributed by atoms with Crippen molar-refractivity contribution in [2.24, 2.45) is 23.7 Å². The highest BCUT2D eigenvalue weighted by molar-refractivity contribution is 5.81. The van der Waals surface area contributed by atoms with Crippen molar-refractivity contribution < 1.29 is 47.6 Å². The van der Waals surface area contributed by atoms with E-state index in [1.807, 2.05) is 31.2 Å². The highest BCUT2D eigenvalue weighted by Crippen LogP contribution is 2.40. The van der Waals surface area contributed by atoms with E-state index in [9.17, 15) is 19.2 Å². The van der Waals surface area contributed by atoms with Gasteiger partial charge in [0, 0.05) is 30.6 Å². The highest BCUT2D eigenvalue weighted by Gasteiger charge is 2.30. The van der Waals surface area contributed by atoms with Gasteiger partial charge in [0.15, 0.2) is 12.2 Å². The molecule has 0 amide bonds. The third-order valence-electron chi connectivity index (χ3n) is 10.7. The Morgan fingerprint density at radius 3 is 1.44 bits per heavy atom. The Morgan fingerprint density at radius 1 is 0.590 bits per heavy atom. The van der Waals surface area contributed by atoms with Crippen molar-refractivity contribution >= 4 is 23.9 Å². The van der Waals surface area contributed by atoms with Gasteiger partial charge in [-0.05, 0) is 142 Å². The first-order valence-corrected chi connectivity index (χ1v) is 20.9. The molecule has 61 heavy (non-hydrogen) atoms. The summed E-state index contributed by atoms with van der Waals surface area (Å²) in [5.74, 6) is 22.4. The Bertz CT molecular complexity index is 2020. The molecule has 0 N–H and O–H groups in total. The van der Waals surface area contributed by atoms with E-state index in [1.54, 1.807) is 31.2 Å². The second kappa shape index (κ2) is 26.7. The minimum atomic E-state index is -0.792. The minimum absolute atomic E-state index is 0.000602. The molecule has 10 heteroatoms. The lowest BCUT2D eigenvalue weighted by atomic mass is 9.72. The van der Waals surface area contributed by atoms with Gasteiger partial charge in [-0.15, -0.1) is 0 Å².